The quantitative estimate of drug-likeness (QED) is 0.653. The molecule has 0 saturated carbocycles. The molecule has 4 heteroatoms. The second kappa shape index (κ2) is 5.44. The number of nitrogens with two attached hydrogens (primary N) is 2. The zero-order chi connectivity index (χ0) is 10.4. The molecule has 1 heterocycles. The van der Waals surface area contributed by atoms with E-state index in [-0.39, 0.29) is 0 Å². The van der Waals surface area contributed by atoms with Crippen LogP contribution in [-0.2, 0) is 6.42 Å². The van der Waals surface area contributed by atoms with Crippen LogP contribution in [0.1, 0.15) is 18.9 Å². The van der Waals surface area contributed by atoms with E-state index < -0.39 is 0 Å². The number of hydrogen-bond acceptors (Lipinski definition) is 4. The molecule has 0 amide bonds. The van der Waals surface area contributed by atoms with Gasteiger partial charge in [-0.3, -0.25) is 0 Å². The molecular formula is C10H18N4. The van der Waals surface area contributed by atoms with Crippen molar-refractivity contribution in [3.63, 3.8) is 0 Å². The summed E-state index contributed by atoms with van der Waals surface area (Å²) in [5.41, 5.74) is 12.3. The molecule has 0 aromatic carbocycles. The van der Waals surface area contributed by atoms with Gasteiger partial charge < -0.3 is 16.8 Å². The van der Waals surface area contributed by atoms with Crippen molar-refractivity contribution in [3.05, 3.63) is 17.7 Å². The topological polar surface area (TPSA) is 77.0 Å². The summed E-state index contributed by atoms with van der Waals surface area (Å²) in [6.07, 6.45) is 2.07. The Kier molecular flexibility index (Phi) is 4.19. The normalized spacial score (nSPS) is 10.1. The molecule has 0 radical (unpaired) electrons. The van der Waals surface area contributed by atoms with Gasteiger partial charge >= 0.3 is 0 Å². The Hall–Kier alpha value is -1.29. The van der Waals surface area contributed by atoms with Crippen LogP contribution < -0.4 is 16.8 Å². The molecule has 78 valence electrons. The molecule has 0 atom stereocenters. The molecule has 5 N–H and O–H groups in total. The first-order valence-corrected chi connectivity index (χ1v) is 4.97. The van der Waals surface area contributed by atoms with Gasteiger partial charge in [-0.2, -0.15) is 0 Å². The average Bonchev–Trinajstić information content (AvgIpc) is 2.19. The Morgan fingerprint density at radius 1 is 1.43 bits per heavy atom. The number of anilines is 2. The first-order valence-electron chi connectivity index (χ1n) is 4.97. The minimum atomic E-state index is 0.596. The van der Waals surface area contributed by atoms with Crippen molar-refractivity contribution in [1.29, 1.82) is 0 Å². The van der Waals surface area contributed by atoms with Crippen molar-refractivity contribution < 1.29 is 0 Å². The van der Waals surface area contributed by atoms with Crippen molar-refractivity contribution in [1.82, 2.24) is 4.98 Å². The summed E-state index contributed by atoms with van der Waals surface area (Å²) >= 11 is 0. The average molecular weight is 194 g/mol. The summed E-state index contributed by atoms with van der Waals surface area (Å²) in [7, 11) is 0. The van der Waals surface area contributed by atoms with Gasteiger partial charge in [-0.05, 0) is 18.1 Å². The second-order valence-electron chi connectivity index (χ2n) is 3.21. The Balaban J connectivity index is 2.68. The maximum Gasteiger partial charge on any atom is 0.129 e. The van der Waals surface area contributed by atoms with Crippen LogP contribution in [0.25, 0.3) is 0 Å². The first kappa shape index (κ1) is 10.8. The summed E-state index contributed by atoms with van der Waals surface area (Å²) in [6, 6.07) is 3.96. The molecule has 0 aliphatic rings. The molecule has 0 saturated heterocycles. The third-order valence-electron chi connectivity index (χ3n) is 1.98. The molecule has 0 aliphatic heterocycles. The molecular weight excluding hydrogens is 176 g/mol. The lowest BCUT2D eigenvalue weighted by Crippen LogP contribution is -2.14. The van der Waals surface area contributed by atoms with Crippen molar-refractivity contribution in [3.8, 4) is 0 Å². The van der Waals surface area contributed by atoms with E-state index in [1.54, 1.807) is 0 Å². The van der Waals surface area contributed by atoms with Gasteiger partial charge in [0.15, 0.2) is 0 Å². The summed E-state index contributed by atoms with van der Waals surface area (Å²) in [5.74, 6) is 1.42. The number of nitrogen functional groups attached to an aromatic ring is 1. The van der Waals surface area contributed by atoms with Gasteiger partial charge in [-0.1, -0.05) is 19.4 Å². The minimum Gasteiger partial charge on any atom is -0.383 e. The van der Waals surface area contributed by atoms with Crippen LogP contribution in [0.3, 0.4) is 0 Å². The fourth-order valence-electron chi connectivity index (χ4n) is 1.28. The van der Waals surface area contributed by atoms with E-state index in [0.717, 1.165) is 30.8 Å². The highest BCUT2D eigenvalue weighted by Crippen LogP contribution is 2.14. The Labute approximate surface area is 84.7 Å². The standard InChI is InChI=1S/C10H18N4/c1-2-3-8-4-5-9(13-7-6-11)14-10(8)12/h4-5H,2-3,6-7,11H2,1H3,(H3,12,13,14). The largest absolute Gasteiger partial charge is 0.383 e. The lowest BCUT2D eigenvalue weighted by molar-refractivity contribution is 0.916. The predicted molar refractivity (Wildman–Crippen MR) is 60.2 cm³/mol. The van der Waals surface area contributed by atoms with Crippen molar-refractivity contribution in [2.75, 3.05) is 24.1 Å². The highest BCUT2D eigenvalue weighted by atomic mass is 15.0. The number of hydrogen-bond donors (Lipinski definition) is 3. The first-order chi connectivity index (χ1) is 6.77. The van der Waals surface area contributed by atoms with Crippen LogP contribution in [0.2, 0.25) is 0 Å². The molecule has 0 spiro atoms. The number of nitrogens with one attached hydrogen (secondary N) is 1. The fourth-order valence-corrected chi connectivity index (χ4v) is 1.28. The number of aryl methyl sites for hydroxylation is 1. The lowest BCUT2D eigenvalue weighted by Gasteiger charge is -2.07. The molecule has 1 aromatic heterocycles. The number of nitrogens with zero attached hydrogens (tertiary/aromatic N) is 1. The van der Waals surface area contributed by atoms with Crippen molar-refractivity contribution in [2.45, 2.75) is 19.8 Å². The molecule has 0 aliphatic carbocycles. The number of pyridine rings is 1. The molecule has 1 aromatic rings. The molecule has 14 heavy (non-hydrogen) atoms. The van der Waals surface area contributed by atoms with Gasteiger partial charge in [0, 0.05) is 13.1 Å². The van der Waals surface area contributed by atoms with E-state index in [1.807, 2.05) is 12.1 Å². The van der Waals surface area contributed by atoms with Crippen LogP contribution >= 0.6 is 0 Å². The zero-order valence-electron chi connectivity index (χ0n) is 8.59. The number of aromatic nitrogens is 1. The van der Waals surface area contributed by atoms with Gasteiger partial charge in [0.2, 0.25) is 0 Å². The van der Waals surface area contributed by atoms with E-state index in [9.17, 15) is 0 Å². The van der Waals surface area contributed by atoms with Gasteiger partial charge in [-0.25, -0.2) is 4.98 Å². The van der Waals surface area contributed by atoms with Crippen LogP contribution in [0.5, 0.6) is 0 Å². The van der Waals surface area contributed by atoms with Crippen molar-refractivity contribution >= 4 is 11.6 Å². The fraction of sp³-hybridized carbons (Fsp3) is 0.500. The summed E-state index contributed by atoms with van der Waals surface area (Å²) < 4.78 is 0. The Bertz CT molecular complexity index is 285. The van der Waals surface area contributed by atoms with E-state index >= 15 is 0 Å². The highest BCUT2D eigenvalue weighted by molar-refractivity contribution is 5.48. The van der Waals surface area contributed by atoms with E-state index in [0.29, 0.717) is 12.4 Å². The molecule has 0 fully saturated rings. The SMILES string of the molecule is CCCc1ccc(NCCN)nc1N. The molecule has 1 rings (SSSR count). The monoisotopic (exact) mass is 194 g/mol. The van der Waals surface area contributed by atoms with Crippen LogP contribution in [0.15, 0.2) is 12.1 Å². The lowest BCUT2D eigenvalue weighted by atomic mass is 10.1. The summed E-state index contributed by atoms with van der Waals surface area (Å²) in [5, 5.41) is 3.09. The minimum absolute atomic E-state index is 0.596. The van der Waals surface area contributed by atoms with Gasteiger partial charge in [0.25, 0.3) is 0 Å². The molecule has 0 bridgehead atoms. The third kappa shape index (κ3) is 2.88. The Morgan fingerprint density at radius 2 is 2.21 bits per heavy atom. The van der Waals surface area contributed by atoms with Crippen LogP contribution in [0, 0.1) is 0 Å². The zero-order valence-corrected chi connectivity index (χ0v) is 8.59. The van der Waals surface area contributed by atoms with Crippen LogP contribution in [0.4, 0.5) is 11.6 Å². The molecule has 0 unspecified atom stereocenters. The van der Waals surface area contributed by atoms with Gasteiger partial charge in [0.1, 0.15) is 11.6 Å². The predicted octanol–water partition coefficient (Wildman–Crippen LogP) is 0.987. The summed E-state index contributed by atoms with van der Waals surface area (Å²) in [4.78, 5) is 4.24. The number of rotatable bonds is 5. The van der Waals surface area contributed by atoms with E-state index in [4.69, 9.17) is 11.5 Å². The van der Waals surface area contributed by atoms with Crippen LogP contribution in [-0.4, -0.2) is 18.1 Å². The Morgan fingerprint density at radius 3 is 2.79 bits per heavy atom. The maximum absolute atomic E-state index is 5.80. The van der Waals surface area contributed by atoms with Gasteiger partial charge in [0.05, 0.1) is 0 Å². The third-order valence-corrected chi connectivity index (χ3v) is 1.98. The smallest absolute Gasteiger partial charge is 0.129 e. The van der Waals surface area contributed by atoms with E-state index in [2.05, 4.69) is 17.2 Å². The maximum atomic E-state index is 5.80. The summed E-state index contributed by atoms with van der Waals surface area (Å²) in [6.45, 7) is 3.44. The van der Waals surface area contributed by atoms with Gasteiger partial charge in [-0.15, -0.1) is 0 Å². The molecule has 4 nitrogen and oxygen atoms in total. The highest BCUT2D eigenvalue weighted by Gasteiger charge is 2.00. The second-order valence-corrected chi connectivity index (χ2v) is 3.21. The van der Waals surface area contributed by atoms with Crippen molar-refractivity contribution in [2.24, 2.45) is 5.73 Å². The van der Waals surface area contributed by atoms with E-state index in [1.165, 1.54) is 0 Å².